The standard InChI is InChI=1S/C14H17FN4O/c1-14(2,3)7-13(20)18-10-4-5-12(11(15)6-10)19-9-16-8-17-19/h4-6,8-9H,7H2,1-3H3,(H,18,20). The zero-order valence-electron chi connectivity index (χ0n) is 11.7. The maximum Gasteiger partial charge on any atom is 0.224 e. The van der Waals surface area contributed by atoms with E-state index in [0.29, 0.717) is 12.1 Å². The van der Waals surface area contributed by atoms with Crippen LogP contribution < -0.4 is 5.32 Å². The maximum atomic E-state index is 14.0. The first-order chi connectivity index (χ1) is 9.35. The monoisotopic (exact) mass is 276 g/mol. The summed E-state index contributed by atoms with van der Waals surface area (Å²) in [5.41, 5.74) is 0.612. The number of carbonyl (C=O) groups is 1. The smallest absolute Gasteiger partial charge is 0.224 e. The Morgan fingerprint density at radius 3 is 2.70 bits per heavy atom. The summed E-state index contributed by atoms with van der Waals surface area (Å²) in [4.78, 5) is 15.6. The summed E-state index contributed by atoms with van der Waals surface area (Å²) in [6.45, 7) is 5.92. The molecule has 0 spiro atoms. The van der Waals surface area contributed by atoms with E-state index in [1.165, 1.54) is 23.4 Å². The van der Waals surface area contributed by atoms with Crippen molar-refractivity contribution in [3.05, 3.63) is 36.7 Å². The Labute approximate surface area is 116 Å². The van der Waals surface area contributed by atoms with Crippen molar-refractivity contribution >= 4 is 11.6 Å². The minimum absolute atomic E-state index is 0.108. The van der Waals surface area contributed by atoms with Gasteiger partial charge in [-0.1, -0.05) is 20.8 Å². The van der Waals surface area contributed by atoms with Gasteiger partial charge < -0.3 is 5.32 Å². The van der Waals surface area contributed by atoms with Crippen molar-refractivity contribution in [1.82, 2.24) is 14.8 Å². The summed E-state index contributed by atoms with van der Waals surface area (Å²) < 4.78 is 15.3. The lowest BCUT2D eigenvalue weighted by Crippen LogP contribution is -2.19. The fraction of sp³-hybridized carbons (Fsp3) is 0.357. The third-order valence-corrected chi connectivity index (χ3v) is 2.59. The average molecular weight is 276 g/mol. The van der Waals surface area contributed by atoms with Crippen LogP contribution in [0.2, 0.25) is 0 Å². The molecule has 0 aliphatic carbocycles. The lowest BCUT2D eigenvalue weighted by molar-refractivity contribution is -0.117. The van der Waals surface area contributed by atoms with E-state index in [-0.39, 0.29) is 17.0 Å². The molecule has 1 aromatic carbocycles. The number of amides is 1. The van der Waals surface area contributed by atoms with Gasteiger partial charge in [-0.25, -0.2) is 14.1 Å². The van der Waals surface area contributed by atoms with Gasteiger partial charge in [0.1, 0.15) is 18.3 Å². The molecular formula is C14H17FN4O. The highest BCUT2D eigenvalue weighted by molar-refractivity contribution is 5.91. The van der Waals surface area contributed by atoms with Crippen LogP contribution in [0.4, 0.5) is 10.1 Å². The molecule has 106 valence electrons. The first-order valence-electron chi connectivity index (χ1n) is 6.29. The normalized spacial score (nSPS) is 11.4. The van der Waals surface area contributed by atoms with E-state index in [2.05, 4.69) is 15.4 Å². The molecular weight excluding hydrogens is 259 g/mol. The predicted octanol–water partition coefficient (Wildman–Crippen LogP) is 2.78. The van der Waals surface area contributed by atoms with Crippen LogP contribution in [0.5, 0.6) is 0 Å². The molecule has 1 N–H and O–H groups in total. The summed E-state index contributed by atoms with van der Waals surface area (Å²) in [6, 6.07) is 4.47. The first kappa shape index (κ1) is 14.2. The van der Waals surface area contributed by atoms with Crippen LogP contribution >= 0.6 is 0 Å². The van der Waals surface area contributed by atoms with E-state index in [0.717, 1.165) is 0 Å². The van der Waals surface area contributed by atoms with E-state index in [1.54, 1.807) is 12.1 Å². The van der Waals surface area contributed by atoms with Gasteiger partial charge in [0.05, 0.1) is 0 Å². The van der Waals surface area contributed by atoms with Crippen molar-refractivity contribution in [3.8, 4) is 5.69 Å². The van der Waals surface area contributed by atoms with E-state index >= 15 is 0 Å². The highest BCUT2D eigenvalue weighted by Crippen LogP contribution is 2.21. The molecule has 0 saturated heterocycles. The zero-order chi connectivity index (χ0) is 14.8. The van der Waals surface area contributed by atoms with Crippen molar-refractivity contribution in [2.45, 2.75) is 27.2 Å². The number of benzene rings is 1. The lowest BCUT2D eigenvalue weighted by atomic mass is 9.92. The number of rotatable bonds is 3. The molecule has 1 heterocycles. The van der Waals surface area contributed by atoms with Gasteiger partial charge in [0, 0.05) is 12.1 Å². The molecule has 0 unspecified atom stereocenters. The van der Waals surface area contributed by atoms with Crippen molar-refractivity contribution in [1.29, 1.82) is 0 Å². The van der Waals surface area contributed by atoms with E-state index in [4.69, 9.17) is 0 Å². The van der Waals surface area contributed by atoms with Gasteiger partial charge in [-0.3, -0.25) is 4.79 Å². The minimum Gasteiger partial charge on any atom is -0.326 e. The van der Waals surface area contributed by atoms with Crippen molar-refractivity contribution in [2.75, 3.05) is 5.32 Å². The van der Waals surface area contributed by atoms with Gasteiger partial charge in [0.15, 0.2) is 5.82 Å². The summed E-state index contributed by atoms with van der Waals surface area (Å²) >= 11 is 0. The van der Waals surface area contributed by atoms with Crippen LogP contribution in [-0.4, -0.2) is 20.7 Å². The highest BCUT2D eigenvalue weighted by atomic mass is 19.1. The molecule has 2 rings (SSSR count). The number of carbonyl (C=O) groups excluding carboxylic acids is 1. The number of hydrogen-bond donors (Lipinski definition) is 1. The average Bonchev–Trinajstić information content (AvgIpc) is 2.79. The Hall–Kier alpha value is -2.24. The summed E-state index contributed by atoms with van der Waals surface area (Å²) in [5.74, 6) is -0.602. The molecule has 6 heteroatoms. The molecule has 2 aromatic rings. The SMILES string of the molecule is CC(C)(C)CC(=O)Nc1ccc(-n2cncn2)c(F)c1. The molecule has 0 radical (unpaired) electrons. The number of anilines is 1. The second kappa shape index (κ2) is 5.40. The Bertz CT molecular complexity index is 602. The molecule has 1 aromatic heterocycles. The van der Waals surface area contributed by atoms with Crippen molar-refractivity contribution in [2.24, 2.45) is 5.41 Å². The van der Waals surface area contributed by atoms with Crippen LogP contribution in [0.25, 0.3) is 5.69 Å². The zero-order valence-corrected chi connectivity index (χ0v) is 11.7. The molecule has 0 fully saturated rings. The Morgan fingerprint density at radius 2 is 2.15 bits per heavy atom. The number of halogens is 1. The van der Waals surface area contributed by atoms with Gasteiger partial charge in [0.25, 0.3) is 0 Å². The lowest BCUT2D eigenvalue weighted by Gasteiger charge is -2.17. The molecule has 0 aliphatic rings. The van der Waals surface area contributed by atoms with Gasteiger partial charge >= 0.3 is 0 Å². The fourth-order valence-corrected chi connectivity index (χ4v) is 1.79. The summed E-state index contributed by atoms with van der Waals surface area (Å²) in [6.07, 6.45) is 3.12. The van der Waals surface area contributed by atoms with Crippen molar-refractivity contribution in [3.63, 3.8) is 0 Å². The van der Waals surface area contributed by atoms with E-state index in [1.807, 2.05) is 20.8 Å². The fourth-order valence-electron chi connectivity index (χ4n) is 1.79. The molecule has 0 aliphatic heterocycles. The molecule has 1 amide bonds. The van der Waals surface area contributed by atoms with Gasteiger partial charge in [-0.2, -0.15) is 5.10 Å². The Balaban J connectivity index is 2.12. The number of aromatic nitrogens is 3. The third kappa shape index (κ3) is 3.63. The summed E-state index contributed by atoms with van der Waals surface area (Å²) in [7, 11) is 0. The van der Waals surface area contributed by atoms with Crippen LogP contribution in [-0.2, 0) is 4.79 Å². The van der Waals surface area contributed by atoms with E-state index < -0.39 is 5.82 Å². The molecule has 0 atom stereocenters. The highest BCUT2D eigenvalue weighted by Gasteiger charge is 2.16. The minimum atomic E-state index is -0.468. The first-order valence-corrected chi connectivity index (χ1v) is 6.29. The van der Waals surface area contributed by atoms with Crippen LogP contribution in [0.1, 0.15) is 27.2 Å². The van der Waals surface area contributed by atoms with Crippen LogP contribution in [0, 0.1) is 11.2 Å². The van der Waals surface area contributed by atoms with Crippen molar-refractivity contribution < 1.29 is 9.18 Å². The predicted molar refractivity (Wildman–Crippen MR) is 74.0 cm³/mol. The quantitative estimate of drug-likeness (QED) is 0.937. The molecule has 0 bridgehead atoms. The maximum absolute atomic E-state index is 14.0. The van der Waals surface area contributed by atoms with Gasteiger partial charge in [-0.05, 0) is 23.6 Å². The third-order valence-electron chi connectivity index (χ3n) is 2.59. The number of nitrogens with zero attached hydrogens (tertiary/aromatic N) is 3. The number of nitrogens with one attached hydrogen (secondary N) is 1. The topological polar surface area (TPSA) is 59.8 Å². The van der Waals surface area contributed by atoms with Gasteiger partial charge in [-0.15, -0.1) is 0 Å². The summed E-state index contributed by atoms with van der Waals surface area (Å²) in [5, 5.41) is 6.55. The number of hydrogen-bond acceptors (Lipinski definition) is 3. The molecule has 5 nitrogen and oxygen atoms in total. The molecule has 20 heavy (non-hydrogen) atoms. The Kier molecular flexibility index (Phi) is 3.83. The van der Waals surface area contributed by atoms with E-state index in [9.17, 15) is 9.18 Å². The largest absolute Gasteiger partial charge is 0.326 e. The Morgan fingerprint density at radius 1 is 1.40 bits per heavy atom. The van der Waals surface area contributed by atoms with Gasteiger partial charge in [0.2, 0.25) is 5.91 Å². The second-order valence-electron chi connectivity index (χ2n) is 5.79. The van der Waals surface area contributed by atoms with Crippen LogP contribution in [0.3, 0.4) is 0 Å². The second-order valence-corrected chi connectivity index (χ2v) is 5.79. The van der Waals surface area contributed by atoms with Crippen LogP contribution in [0.15, 0.2) is 30.9 Å². The molecule has 0 saturated carbocycles.